The van der Waals surface area contributed by atoms with Crippen LogP contribution in [0.1, 0.15) is 32.0 Å². The Morgan fingerprint density at radius 3 is 2.33 bits per heavy atom. The Hall–Kier alpha value is -1.41. The number of hydrogen-bond donors (Lipinski definition) is 0. The second-order valence-electron chi connectivity index (χ2n) is 5.49. The maximum Gasteiger partial charge on any atom is 0.116 e. The third kappa shape index (κ3) is 2.70. The van der Waals surface area contributed by atoms with Crippen LogP contribution in [0.4, 0.5) is 0 Å². The average molecular weight is 261 g/mol. The minimum atomic E-state index is 0.0528. The molecule has 0 saturated heterocycles. The molecule has 94 valence electrons. The minimum Gasteiger partial charge on any atom is -0.242 e. The molecule has 0 saturated carbocycles. The Labute approximate surface area is 113 Å². The zero-order chi connectivity index (χ0) is 13.3. The van der Waals surface area contributed by atoms with Gasteiger partial charge in [-0.15, -0.1) is 0 Å². The number of aryl methyl sites for hydroxylation is 1. The number of aromatic nitrogens is 2. The van der Waals surface area contributed by atoms with Gasteiger partial charge >= 0.3 is 0 Å². The number of benzene rings is 1. The van der Waals surface area contributed by atoms with E-state index in [1.54, 1.807) is 6.33 Å². The Morgan fingerprint density at radius 1 is 1.06 bits per heavy atom. The Bertz CT molecular complexity index is 571. The molecule has 0 unspecified atom stereocenters. The number of nitrogens with zero attached hydrogens (tertiary/aromatic N) is 2. The monoisotopic (exact) mass is 260 g/mol. The molecule has 3 heteroatoms. The normalized spacial score (nSPS) is 11.6. The maximum absolute atomic E-state index is 6.36. The van der Waals surface area contributed by atoms with E-state index in [0.717, 1.165) is 27.5 Å². The molecular formula is C15H17ClN2. The first-order valence-corrected chi connectivity index (χ1v) is 6.35. The second-order valence-corrected chi connectivity index (χ2v) is 5.90. The van der Waals surface area contributed by atoms with E-state index in [9.17, 15) is 0 Å². The van der Waals surface area contributed by atoms with Crippen LogP contribution in [-0.4, -0.2) is 9.97 Å². The third-order valence-corrected chi connectivity index (χ3v) is 3.19. The van der Waals surface area contributed by atoms with Crippen LogP contribution >= 0.6 is 11.6 Å². The lowest BCUT2D eigenvalue weighted by atomic mass is 9.86. The highest BCUT2D eigenvalue weighted by atomic mass is 35.5. The van der Waals surface area contributed by atoms with E-state index in [1.807, 2.05) is 19.1 Å². The summed E-state index contributed by atoms with van der Waals surface area (Å²) >= 11 is 6.36. The van der Waals surface area contributed by atoms with Gasteiger partial charge in [0.1, 0.15) is 6.33 Å². The summed E-state index contributed by atoms with van der Waals surface area (Å²) in [5.41, 5.74) is 4.09. The van der Waals surface area contributed by atoms with Gasteiger partial charge in [0.15, 0.2) is 0 Å². The molecule has 0 aliphatic heterocycles. The molecule has 2 aromatic rings. The summed E-state index contributed by atoms with van der Waals surface area (Å²) in [5.74, 6) is 0. The van der Waals surface area contributed by atoms with Crippen molar-refractivity contribution in [1.82, 2.24) is 9.97 Å². The van der Waals surface area contributed by atoms with Gasteiger partial charge in [0.05, 0.1) is 5.69 Å². The fraction of sp³-hybridized carbons (Fsp3) is 0.333. The summed E-state index contributed by atoms with van der Waals surface area (Å²) in [6, 6.07) is 8.08. The van der Waals surface area contributed by atoms with Crippen molar-refractivity contribution < 1.29 is 0 Å². The van der Waals surface area contributed by atoms with E-state index in [1.165, 1.54) is 0 Å². The summed E-state index contributed by atoms with van der Waals surface area (Å²) < 4.78 is 0. The Morgan fingerprint density at radius 2 is 1.78 bits per heavy atom. The van der Waals surface area contributed by atoms with E-state index >= 15 is 0 Å². The quantitative estimate of drug-likeness (QED) is 0.759. The Balaban J connectivity index is 2.47. The largest absolute Gasteiger partial charge is 0.242 e. The summed E-state index contributed by atoms with van der Waals surface area (Å²) in [5, 5.41) is 0.788. The predicted octanol–water partition coefficient (Wildman–Crippen LogP) is 4.40. The fourth-order valence-corrected chi connectivity index (χ4v) is 2.36. The summed E-state index contributed by atoms with van der Waals surface area (Å²) in [6.45, 7) is 8.42. The average Bonchev–Trinajstić information content (AvgIpc) is 2.27. The third-order valence-electron chi connectivity index (χ3n) is 2.88. The van der Waals surface area contributed by atoms with Crippen molar-refractivity contribution in [3.05, 3.63) is 46.9 Å². The smallest absolute Gasteiger partial charge is 0.116 e. The van der Waals surface area contributed by atoms with Gasteiger partial charge in [-0.05, 0) is 30.0 Å². The molecule has 0 aliphatic rings. The van der Waals surface area contributed by atoms with Gasteiger partial charge in [-0.3, -0.25) is 0 Å². The maximum atomic E-state index is 6.36. The topological polar surface area (TPSA) is 25.8 Å². The van der Waals surface area contributed by atoms with E-state index in [4.69, 9.17) is 11.6 Å². The van der Waals surface area contributed by atoms with Crippen LogP contribution in [0.15, 0.2) is 30.6 Å². The SMILES string of the molecule is Cc1cc(-c2ccc(C(C)(C)C)c(Cl)c2)ncn1. The molecular weight excluding hydrogens is 244 g/mol. The van der Waals surface area contributed by atoms with Crippen LogP contribution in [0.25, 0.3) is 11.3 Å². The molecule has 0 amide bonds. The van der Waals surface area contributed by atoms with Crippen molar-refractivity contribution in [3.63, 3.8) is 0 Å². The van der Waals surface area contributed by atoms with Gasteiger partial charge in [0.25, 0.3) is 0 Å². The molecule has 2 nitrogen and oxygen atoms in total. The van der Waals surface area contributed by atoms with Crippen LogP contribution in [0.5, 0.6) is 0 Å². The van der Waals surface area contributed by atoms with Crippen molar-refractivity contribution in [3.8, 4) is 11.3 Å². The van der Waals surface area contributed by atoms with Gasteiger partial charge in [-0.2, -0.15) is 0 Å². The van der Waals surface area contributed by atoms with Gasteiger partial charge in [0, 0.05) is 16.3 Å². The molecule has 1 heterocycles. The van der Waals surface area contributed by atoms with Crippen LogP contribution in [0, 0.1) is 6.92 Å². The van der Waals surface area contributed by atoms with Crippen LogP contribution in [0.3, 0.4) is 0 Å². The van der Waals surface area contributed by atoms with E-state index in [2.05, 4.69) is 42.9 Å². The highest BCUT2D eigenvalue weighted by molar-refractivity contribution is 6.31. The number of hydrogen-bond acceptors (Lipinski definition) is 2. The van der Waals surface area contributed by atoms with Crippen molar-refractivity contribution in [1.29, 1.82) is 0 Å². The summed E-state index contributed by atoms with van der Waals surface area (Å²) in [7, 11) is 0. The van der Waals surface area contributed by atoms with Gasteiger partial charge < -0.3 is 0 Å². The van der Waals surface area contributed by atoms with Crippen LogP contribution in [-0.2, 0) is 5.41 Å². The van der Waals surface area contributed by atoms with Gasteiger partial charge in [-0.25, -0.2) is 9.97 Å². The zero-order valence-electron chi connectivity index (χ0n) is 11.2. The lowest BCUT2D eigenvalue weighted by Gasteiger charge is -2.21. The van der Waals surface area contributed by atoms with E-state index < -0.39 is 0 Å². The molecule has 0 aliphatic carbocycles. The number of rotatable bonds is 1. The fourth-order valence-electron chi connectivity index (χ4n) is 1.90. The predicted molar refractivity (Wildman–Crippen MR) is 75.9 cm³/mol. The molecule has 1 aromatic heterocycles. The van der Waals surface area contributed by atoms with Gasteiger partial charge in [-0.1, -0.05) is 44.5 Å². The van der Waals surface area contributed by atoms with Crippen molar-refractivity contribution in [2.24, 2.45) is 0 Å². The lowest BCUT2D eigenvalue weighted by Crippen LogP contribution is -2.11. The summed E-state index contributed by atoms with van der Waals surface area (Å²) in [4.78, 5) is 8.37. The minimum absolute atomic E-state index is 0.0528. The summed E-state index contributed by atoms with van der Waals surface area (Å²) in [6.07, 6.45) is 1.58. The molecule has 0 atom stereocenters. The Kier molecular flexibility index (Phi) is 3.40. The molecule has 0 radical (unpaired) electrons. The first-order valence-electron chi connectivity index (χ1n) is 5.97. The van der Waals surface area contributed by atoms with Crippen molar-refractivity contribution >= 4 is 11.6 Å². The molecule has 0 N–H and O–H groups in total. The lowest BCUT2D eigenvalue weighted by molar-refractivity contribution is 0.590. The first kappa shape index (κ1) is 13.0. The van der Waals surface area contributed by atoms with Crippen molar-refractivity contribution in [2.75, 3.05) is 0 Å². The first-order chi connectivity index (χ1) is 8.38. The molecule has 2 rings (SSSR count). The molecule has 0 spiro atoms. The van der Waals surface area contributed by atoms with Gasteiger partial charge in [0.2, 0.25) is 0 Å². The van der Waals surface area contributed by atoms with Crippen LogP contribution in [0.2, 0.25) is 5.02 Å². The second kappa shape index (κ2) is 4.69. The molecule has 1 aromatic carbocycles. The highest BCUT2D eigenvalue weighted by Gasteiger charge is 2.17. The standard InChI is InChI=1S/C15H17ClN2/c1-10-7-14(18-9-17-10)11-5-6-12(13(16)8-11)15(2,3)4/h5-9H,1-4H3. The molecule has 18 heavy (non-hydrogen) atoms. The highest BCUT2D eigenvalue weighted by Crippen LogP contribution is 2.32. The van der Waals surface area contributed by atoms with E-state index in [0.29, 0.717) is 0 Å². The molecule has 0 fully saturated rings. The van der Waals surface area contributed by atoms with Crippen LogP contribution < -0.4 is 0 Å². The number of halogens is 1. The van der Waals surface area contributed by atoms with Crippen molar-refractivity contribution in [2.45, 2.75) is 33.1 Å². The molecule has 0 bridgehead atoms. The zero-order valence-corrected chi connectivity index (χ0v) is 11.9. The van der Waals surface area contributed by atoms with E-state index in [-0.39, 0.29) is 5.41 Å².